The molecule has 1 aromatic heterocycles. The van der Waals surface area contributed by atoms with E-state index in [1.807, 2.05) is 19.0 Å². The van der Waals surface area contributed by atoms with E-state index in [1.165, 1.54) is 0 Å². The highest BCUT2D eigenvalue weighted by Gasteiger charge is 2.13. The Kier molecular flexibility index (Phi) is 5.09. The summed E-state index contributed by atoms with van der Waals surface area (Å²) < 4.78 is 0. The molecule has 0 radical (unpaired) electrons. The van der Waals surface area contributed by atoms with Gasteiger partial charge >= 0.3 is 0 Å². The van der Waals surface area contributed by atoms with Crippen LogP contribution in [0, 0.1) is 0 Å². The number of rotatable bonds is 5. The molecule has 1 N–H and O–H groups in total. The number of carbonyl (C=O) groups excluding carboxylic acids is 1. The van der Waals surface area contributed by atoms with E-state index < -0.39 is 6.10 Å². The summed E-state index contributed by atoms with van der Waals surface area (Å²) in [6.07, 6.45) is 1.81. The Morgan fingerprint density at radius 2 is 2.11 bits per heavy atom. The zero-order chi connectivity index (χ0) is 13.7. The van der Waals surface area contributed by atoms with E-state index in [4.69, 9.17) is 0 Å². The van der Waals surface area contributed by atoms with Crippen LogP contribution in [0.1, 0.15) is 23.7 Å². The molecule has 0 saturated carbocycles. The van der Waals surface area contributed by atoms with E-state index in [2.05, 4.69) is 4.98 Å². The van der Waals surface area contributed by atoms with Crippen molar-refractivity contribution in [2.45, 2.75) is 19.4 Å². The van der Waals surface area contributed by atoms with Crippen LogP contribution in [0.5, 0.6) is 0 Å². The van der Waals surface area contributed by atoms with Gasteiger partial charge < -0.3 is 14.9 Å². The molecule has 0 saturated heterocycles. The van der Waals surface area contributed by atoms with Crippen molar-refractivity contribution in [3.63, 3.8) is 0 Å². The van der Waals surface area contributed by atoms with Crippen molar-refractivity contribution in [1.29, 1.82) is 0 Å². The maximum Gasteiger partial charge on any atom is 0.253 e. The van der Waals surface area contributed by atoms with Crippen LogP contribution < -0.4 is 4.90 Å². The second-order valence-corrected chi connectivity index (χ2v) is 4.66. The molecule has 0 aliphatic rings. The normalized spacial score (nSPS) is 12.1. The quantitative estimate of drug-likeness (QED) is 0.848. The number of pyridine rings is 1. The van der Waals surface area contributed by atoms with E-state index in [1.54, 1.807) is 37.2 Å². The molecular weight excluding hydrogens is 230 g/mol. The lowest BCUT2D eigenvalue weighted by Crippen LogP contribution is -2.29. The van der Waals surface area contributed by atoms with Crippen LogP contribution in [0.3, 0.4) is 0 Å². The van der Waals surface area contributed by atoms with Gasteiger partial charge in [-0.1, -0.05) is 0 Å². The number of aliphatic hydroxyl groups is 1. The smallest absolute Gasteiger partial charge is 0.253 e. The minimum atomic E-state index is -0.393. The molecule has 0 aromatic carbocycles. The zero-order valence-corrected chi connectivity index (χ0v) is 11.4. The largest absolute Gasteiger partial charge is 0.393 e. The summed E-state index contributed by atoms with van der Waals surface area (Å²) in [7, 11) is 5.50. The van der Waals surface area contributed by atoms with Gasteiger partial charge in [0.2, 0.25) is 0 Å². The fraction of sp³-hybridized carbons (Fsp3) is 0.538. The Labute approximate surface area is 108 Å². The van der Waals surface area contributed by atoms with Crippen molar-refractivity contribution in [3.05, 3.63) is 23.9 Å². The van der Waals surface area contributed by atoms with Gasteiger partial charge in [-0.25, -0.2) is 4.98 Å². The summed E-state index contributed by atoms with van der Waals surface area (Å²) in [5.74, 6) is 0.700. The van der Waals surface area contributed by atoms with E-state index in [0.717, 1.165) is 5.82 Å². The van der Waals surface area contributed by atoms with Crippen molar-refractivity contribution in [2.24, 2.45) is 0 Å². The molecule has 0 fully saturated rings. The monoisotopic (exact) mass is 251 g/mol. The molecule has 0 aliphatic carbocycles. The highest BCUT2D eigenvalue weighted by Crippen LogP contribution is 2.11. The van der Waals surface area contributed by atoms with Gasteiger partial charge in [0.25, 0.3) is 5.91 Å². The van der Waals surface area contributed by atoms with Crippen LogP contribution >= 0.6 is 0 Å². The van der Waals surface area contributed by atoms with E-state index in [9.17, 15) is 9.90 Å². The predicted molar refractivity (Wildman–Crippen MR) is 71.8 cm³/mol. The topological polar surface area (TPSA) is 56.7 Å². The minimum Gasteiger partial charge on any atom is -0.393 e. The average molecular weight is 251 g/mol. The molecule has 0 spiro atoms. The fourth-order valence-corrected chi connectivity index (χ4v) is 1.50. The van der Waals surface area contributed by atoms with Crippen LogP contribution in [-0.2, 0) is 0 Å². The molecule has 100 valence electrons. The summed E-state index contributed by atoms with van der Waals surface area (Å²) in [5.41, 5.74) is 0.613. The maximum atomic E-state index is 12.1. The lowest BCUT2D eigenvalue weighted by molar-refractivity contribution is 0.0769. The third-order valence-electron chi connectivity index (χ3n) is 2.68. The molecule has 5 nitrogen and oxygen atoms in total. The molecule has 18 heavy (non-hydrogen) atoms. The van der Waals surface area contributed by atoms with Gasteiger partial charge in [0.1, 0.15) is 5.82 Å². The Bertz CT molecular complexity index is 405. The van der Waals surface area contributed by atoms with E-state index >= 15 is 0 Å². The molecular formula is C13H21N3O2. The zero-order valence-electron chi connectivity index (χ0n) is 11.4. The van der Waals surface area contributed by atoms with Crippen LogP contribution in [-0.4, -0.2) is 54.7 Å². The van der Waals surface area contributed by atoms with Gasteiger partial charge in [-0.05, 0) is 25.5 Å². The molecule has 0 aliphatic heterocycles. The third-order valence-corrected chi connectivity index (χ3v) is 2.68. The van der Waals surface area contributed by atoms with Gasteiger partial charge in [-0.15, -0.1) is 0 Å². The fourth-order valence-electron chi connectivity index (χ4n) is 1.50. The van der Waals surface area contributed by atoms with Crippen molar-refractivity contribution < 1.29 is 9.90 Å². The molecule has 1 heterocycles. The molecule has 1 unspecified atom stereocenters. The number of aliphatic hydroxyl groups excluding tert-OH is 1. The van der Waals surface area contributed by atoms with Gasteiger partial charge in [-0.3, -0.25) is 4.79 Å². The summed E-state index contributed by atoms with van der Waals surface area (Å²) in [6.45, 7) is 2.25. The number of carbonyl (C=O) groups is 1. The maximum absolute atomic E-state index is 12.1. The third kappa shape index (κ3) is 4.00. The first kappa shape index (κ1) is 14.4. The van der Waals surface area contributed by atoms with Gasteiger partial charge in [0.15, 0.2) is 0 Å². The summed E-state index contributed by atoms with van der Waals surface area (Å²) in [6, 6.07) is 3.47. The van der Waals surface area contributed by atoms with Crippen LogP contribution in [0.2, 0.25) is 0 Å². The lowest BCUT2D eigenvalue weighted by Gasteiger charge is -2.19. The van der Waals surface area contributed by atoms with Gasteiger partial charge in [0, 0.05) is 39.4 Å². The average Bonchev–Trinajstić information content (AvgIpc) is 2.35. The van der Waals surface area contributed by atoms with Gasteiger partial charge in [0.05, 0.1) is 6.10 Å². The minimum absolute atomic E-state index is 0.0545. The first-order valence-electron chi connectivity index (χ1n) is 5.98. The highest BCUT2D eigenvalue weighted by molar-refractivity contribution is 5.94. The van der Waals surface area contributed by atoms with Crippen molar-refractivity contribution in [1.82, 2.24) is 9.88 Å². The molecule has 0 bridgehead atoms. The number of aromatic nitrogens is 1. The highest BCUT2D eigenvalue weighted by atomic mass is 16.3. The van der Waals surface area contributed by atoms with Gasteiger partial charge in [-0.2, -0.15) is 0 Å². The van der Waals surface area contributed by atoms with Crippen molar-refractivity contribution in [2.75, 3.05) is 32.6 Å². The number of amides is 1. The van der Waals surface area contributed by atoms with E-state index in [0.29, 0.717) is 18.5 Å². The van der Waals surface area contributed by atoms with Crippen LogP contribution in [0.15, 0.2) is 18.3 Å². The molecule has 1 atom stereocenters. The SMILES string of the molecule is CC(O)CCN(C)C(=O)c1ccnc(N(C)C)c1. The Morgan fingerprint density at radius 1 is 1.44 bits per heavy atom. The number of nitrogens with zero attached hydrogens (tertiary/aromatic N) is 3. The molecule has 1 amide bonds. The number of hydrogen-bond acceptors (Lipinski definition) is 4. The van der Waals surface area contributed by atoms with Crippen molar-refractivity contribution in [3.8, 4) is 0 Å². The Hall–Kier alpha value is -1.62. The second-order valence-electron chi connectivity index (χ2n) is 4.66. The summed E-state index contributed by atoms with van der Waals surface area (Å²) in [4.78, 5) is 19.8. The molecule has 1 aromatic rings. The molecule has 1 rings (SSSR count). The number of hydrogen-bond donors (Lipinski definition) is 1. The molecule has 5 heteroatoms. The Morgan fingerprint density at radius 3 is 2.67 bits per heavy atom. The second kappa shape index (κ2) is 6.35. The first-order valence-corrected chi connectivity index (χ1v) is 5.98. The van der Waals surface area contributed by atoms with Crippen LogP contribution in [0.25, 0.3) is 0 Å². The summed E-state index contributed by atoms with van der Waals surface area (Å²) in [5, 5.41) is 9.22. The predicted octanol–water partition coefficient (Wildman–Crippen LogP) is 0.990. The first-order chi connectivity index (χ1) is 8.41. The van der Waals surface area contributed by atoms with E-state index in [-0.39, 0.29) is 5.91 Å². The number of anilines is 1. The Balaban J connectivity index is 2.74. The van der Waals surface area contributed by atoms with Crippen molar-refractivity contribution >= 4 is 11.7 Å². The lowest BCUT2D eigenvalue weighted by atomic mass is 10.2. The van der Waals surface area contributed by atoms with Crippen LogP contribution in [0.4, 0.5) is 5.82 Å². The summed E-state index contributed by atoms with van der Waals surface area (Å²) >= 11 is 0. The standard InChI is InChI=1S/C13H21N3O2/c1-10(17)6-8-16(4)13(18)11-5-7-14-12(9-11)15(2)3/h5,7,9-10,17H,6,8H2,1-4H3.